The van der Waals surface area contributed by atoms with Gasteiger partial charge in [-0.15, -0.1) is 0 Å². The second-order valence-corrected chi connectivity index (χ2v) is 7.48. The standard InChI is InChI=1S/C18H25N3S/c1-13(2)12-19-17(14-8-4-3-5-9-14)22-18-20-15-10-6-7-11-16(15)21-18/h3-5,8-9,13,17,19H,6-7,10-12H2,1-2H3,(H,20,21). The van der Waals surface area contributed by atoms with Crippen LogP contribution >= 0.6 is 11.8 Å². The van der Waals surface area contributed by atoms with Gasteiger partial charge in [-0.1, -0.05) is 55.9 Å². The minimum Gasteiger partial charge on any atom is -0.337 e. The molecule has 2 aromatic rings. The first kappa shape index (κ1) is 15.6. The monoisotopic (exact) mass is 315 g/mol. The van der Waals surface area contributed by atoms with E-state index in [9.17, 15) is 0 Å². The number of aromatic amines is 1. The van der Waals surface area contributed by atoms with Crippen molar-refractivity contribution in [1.29, 1.82) is 0 Å². The lowest BCUT2D eigenvalue weighted by Gasteiger charge is -2.19. The minimum atomic E-state index is 0.246. The highest BCUT2D eigenvalue weighted by Gasteiger charge is 2.19. The Morgan fingerprint density at radius 2 is 1.95 bits per heavy atom. The van der Waals surface area contributed by atoms with Crippen LogP contribution < -0.4 is 5.32 Å². The number of imidazole rings is 1. The molecule has 1 heterocycles. The second kappa shape index (κ2) is 7.34. The zero-order valence-corrected chi connectivity index (χ0v) is 14.2. The summed E-state index contributed by atoms with van der Waals surface area (Å²) in [7, 11) is 0. The first-order valence-electron chi connectivity index (χ1n) is 8.25. The Labute approximate surface area is 137 Å². The third kappa shape index (κ3) is 3.93. The number of hydrogen-bond donors (Lipinski definition) is 2. The number of nitrogens with one attached hydrogen (secondary N) is 2. The van der Waals surface area contributed by atoms with Crippen molar-refractivity contribution in [2.24, 2.45) is 5.92 Å². The van der Waals surface area contributed by atoms with E-state index in [2.05, 4.69) is 54.5 Å². The molecule has 1 unspecified atom stereocenters. The van der Waals surface area contributed by atoms with Crippen LogP contribution in [0.5, 0.6) is 0 Å². The number of thioether (sulfide) groups is 1. The van der Waals surface area contributed by atoms with Gasteiger partial charge in [-0.05, 0) is 43.7 Å². The van der Waals surface area contributed by atoms with Crippen molar-refractivity contribution >= 4 is 11.8 Å². The van der Waals surface area contributed by atoms with E-state index in [-0.39, 0.29) is 5.37 Å². The normalized spacial score (nSPS) is 15.8. The smallest absolute Gasteiger partial charge is 0.167 e. The summed E-state index contributed by atoms with van der Waals surface area (Å²) >= 11 is 1.80. The maximum absolute atomic E-state index is 4.81. The Kier molecular flexibility index (Phi) is 5.21. The first-order valence-corrected chi connectivity index (χ1v) is 9.13. The van der Waals surface area contributed by atoms with Crippen LogP contribution in [-0.4, -0.2) is 16.5 Å². The van der Waals surface area contributed by atoms with Crippen LogP contribution in [0.15, 0.2) is 35.5 Å². The molecule has 0 bridgehead atoms. The van der Waals surface area contributed by atoms with E-state index < -0.39 is 0 Å². The van der Waals surface area contributed by atoms with Crippen molar-refractivity contribution in [3.8, 4) is 0 Å². The molecule has 0 spiro atoms. The van der Waals surface area contributed by atoms with Crippen molar-refractivity contribution in [3.63, 3.8) is 0 Å². The van der Waals surface area contributed by atoms with Crippen LogP contribution in [0.1, 0.15) is 49.0 Å². The Hall–Kier alpha value is -1.26. The summed E-state index contributed by atoms with van der Waals surface area (Å²) in [4.78, 5) is 8.34. The molecule has 0 amide bonds. The fraction of sp³-hybridized carbons (Fsp3) is 0.500. The van der Waals surface area contributed by atoms with Gasteiger partial charge < -0.3 is 10.3 Å². The van der Waals surface area contributed by atoms with Crippen LogP contribution in [0.4, 0.5) is 0 Å². The van der Waals surface area contributed by atoms with E-state index >= 15 is 0 Å². The molecule has 0 saturated carbocycles. The molecule has 3 rings (SSSR count). The summed E-state index contributed by atoms with van der Waals surface area (Å²) in [6.07, 6.45) is 4.84. The van der Waals surface area contributed by atoms with Crippen molar-refractivity contribution in [3.05, 3.63) is 47.3 Å². The lowest BCUT2D eigenvalue weighted by molar-refractivity contribution is 0.545. The van der Waals surface area contributed by atoms with Gasteiger partial charge in [0.15, 0.2) is 5.16 Å². The highest BCUT2D eigenvalue weighted by Crippen LogP contribution is 2.33. The molecule has 4 heteroatoms. The third-order valence-electron chi connectivity index (χ3n) is 3.98. The number of benzene rings is 1. The third-order valence-corrected chi connectivity index (χ3v) is 5.07. The largest absolute Gasteiger partial charge is 0.337 e. The maximum atomic E-state index is 4.81. The number of H-pyrrole nitrogens is 1. The lowest BCUT2D eigenvalue weighted by Crippen LogP contribution is -2.23. The molecule has 0 saturated heterocycles. The predicted octanol–water partition coefficient (Wildman–Crippen LogP) is 4.33. The molecule has 118 valence electrons. The maximum Gasteiger partial charge on any atom is 0.167 e. The van der Waals surface area contributed by atoms with Gasteiger partial charge in [-0.3, -0.25) is 0 Å². The molecular weight excluding hydrogens is 290 g/mol. The zero-order chi connectivity index (χ0) is 15.4. The molecule has 3 nitrogen and oxygen atoms in total. The van der Waals surface area contributed by atoms with E-state index in [1.54, 1.807) is 11.8 Å². The molecule has 22 heavy (non-hydrogen) atoms. The number of aromatic nitrogens is 2. The highest BCUT2D eigenvalue weighted by molar-refractivity contribution is 7.99. The van der Waals surface area contributed by atoms with E-state index in [4.69, 9.17) is 4.98 Å². The van der Waals surface area contributed by atoms with E-state index in [1.165, 1.54) is 29.8 Å². The lowest BCUT2D eigenvalue weighted by atomic mass is 10.0. The molecular formula is C18H25N3S. The predicted molar refractivity (Wildman–Crippen MR) is 93.1 cm³/mol. The molecule has 0 radical (unpaired) electrons. The van der Waals surface area contributed by atoms with Crippen LogP contribution in [0.25, 0.3) is 0 Å². The Balaban J connectivity index is 1.75. The number of fused-ring (bicyclic) bond motifs is 1. The fourth-order valence-electron chi connectivity index (χ4n) is 2.79. The average Bonchev–Trinajstić information content (AvgIpc) is 2.94. The fourth-order valence-corrected chi connectivity index (χ4v) is 3.83. The summed E-state index contributed by atoms with van der Waals surface area (Å²) in [5.74, 6) is 0.636. The molecule has 2 N–H and O–H groups in total. The van der Waals surface area contributed by atoms with E-state index in [0.29, 0.717) is 5.92 Å². The van der Waals surface area contributed by atoms with Crippen molar-refractivity contribution in [2.75, 3.05) is 6.54 Å². The summed E-state index contributed by atoms with van der Waals surface area (Å²) in [6, 6.07) is 10.7. The minimum absolute atomic E-state index is 0.246. The molecule has 0 aliphatic heterocycles. The zero-order valence-electron chi connectivity index (χ0n) is 13.4. The van der Waals surface area contributed by atoms with E-state index in [1.807, 2.05) is 0 Å². The van der Waals surface area contributed by atoms with Crippen LogP contribution in [-0.2, 0) is 12.8 Å². The van der Waals surface area contributed by atoms with Gasteiger partial charge in [-0.2, -0.15) is 0 Å². The number of hydrogen-bond acceptors (Lipinski definition) is 3. The van der Waals surface area contributed by atoms with Crippen molar-refractivity contribution in [1.82, 2.24) is 15.3 Å². The van der Waals surface area contributed by atoms with Gasteiger partial charge in [0, 0.05) is 5.69 Å². The molecule has 0 fully saturated rings. The topological polar surface area (TPSA) is 40.7 Å². The highest BCUT2D eigenvalue weighted by atomic mass is 32.2. The van der Waals surface area contributed by atoms with Gasteiger partial charge in [0.25, 0.3) is 0 Å². The van der Waals surface area contributed by atoms with Gasteiger partial charge in [-0.25, -0.2) is 4.98 Å². The average molecular weight is 315 g/mol. The molecule has 1 aliphatic rings. The van der Waals surface area contributed by atoms with Crippen molar-refractivity contribution in [2.45, 2.75) is 50.1 Å². The van der Waals surface area contributed by atoms with Gasteiger partial charge in [0.1, 0.15) is 0 Å². The Bertz CT molecular complexity index is 568. The molecule has 1 aromatic carbocycles. The molecule has 1 aromatic heterocycles. The summed E-state index contributed by atoms with van der Waals surface area (Å²) in [5, 5.41) is 4.97. The summed E-state index contributed by atoms with van der Waals surface area (Å²) in [5.41, 5.74) is 3.94. The van der Waals surface area contributed by atoms with Gasteiger partial charge in [0.05, 0.1) is 11.1 Å². The van der Waals surface area contributed by atoms with E-state index in [0.717, 1.165) is 24.5 Å². The molecule has 1 atom stereocenters. The van der Waals surface area contributed by atoms with Crippen molar-refractivity contribution < 1.29 is 0 Å². The van der Waals surface area contributed by atoms with Crippen LogP contribution in [0.2, 0.25) is 0 Å². The van der Waals surface area contributed by atoms with Gasteiger partial charge >= 0.3 is 0 Å². The quantitative estimate of drug-likeness (QED) is 0.616. The summed E-state index contributed by atoms with van der Waals surface area (Å²) < 4.78 is 0. The second-order valence-electron chi connectivity index (χ2n) is 6.38. The number of rotatable bonds is 6. The van der Waals surface area contributed by atoms with Gasteiger partial charge in [0.2, 0.25) is 0 Å². The first-order chi connectivity index (χ1) is 10.7. The number of nitrogens with zero attached hydrogens (tertiary/aromatic N) is 1. The SMILES string of the molecule is CC(C)CNC(Sc1nc2c([nH]1)CCCC2)c1ccccc1. The summed E-state index contributed by atoms with van der Waals surface area (Å²) in [6.45, 7) is 5.49. The number of aryl methyl sites for hydroxylation is 2. The molecule has 1 aliphatic carbocycles. The Morgan fingerprint density at radius 1 is 1.18 bits per heavy atom. The van der Waals surface area contributed by atoms with Crippen LogP contribution in [0.3, 0.4) is 0 Å². The Morgan fingerprint density at radius 3 is 2.68 bits per heavy atom. The van der Waals surface area contributed by atoms with Crippen LogP contribution in [0, 0.1) is 5.92 Å².